The zero-order valence-electron chi connectivity index (χ0n) is 10.1. The molecule has 0 amide bonds. The number of carbonyl (C=O) groups is 1. The predicted molar refractivity (Wildman–Crippen MR) is 72.3 cm³/mol. The predicted octanol–water partition coefficient (Wildman–Crippen LogP) is 0.793. The van der Waals surface area contributed by atoms with Crippen LogP contribution in [0.4, 0.5) is 0 Å². The molecular formula is C10H10BrN2O6P. The highest BCUT2D eigenvalue weighted by molar-refractivity contribution is 9.10. The fourth-order valence-corrected chi connectivity index (χ4v) is 2.95. The summed E-state index contributed by atoms with van der Waals surface area (Å²) < 4.78 is 12.6. The number of rotatable bonds is 3. The zero-order valence-corrected chi connectivity index (χ0v) is 12.5. The van der Waals surface area contributed by atoms with Gasteiger partial charge in [0, 0.05) is 10.7 Å². The van der Waals surface area contributed by atoms with Crippen molar-refractivity contribution in [1.29, 1.82) is 0 Å². The molecule has 0 saturated carbocycles. The lowest BCUT2D eigenvalue weighted by Crippen LogP contribution is -2.09. The fourth-order valence-electron chi connectivity index (χ4n) is 1.70. The minimum absolute atomic E-state index is 0.0917. The summed E-state index contributed by atoms with van der Waals surface area (Å²) in [6.07, 6.45) is 1.28. The Morgan fingerprint density at radius 2 is 2.10 bits per heavy atom. The van der Waals surface area contributed by atoms with E-state index in [2.05, 4.69) is 20.9 Å². The van der Waals surface area contributed by atoms with E-state index < -0.39 is 30.8 Å². The molecule has 0 spiro atoms. The number of aromatic nitrogens is 2. The standard InChI is InChI=1S/C10H10BrN2O6P/c1-4(10(15)16)5-3-13-7(2-6(5)11)12-8(9(13)14)20(17,18)19/h2-4,14H,1H3,(H,15,16)(H2,17,18,19). The smallest absolute Gasteiger partial charge is 0.380 e. The second-order valence-electron chi connectivity index (χ2n) is 4.17. The van der Waals surface area contributed by atoms with Crippen LogP contribution in [0.25, 0.3) is 5.65 Å². The molecule has 0 bridgehead atoms. The van der Waals surface area contributed by atoms with E-state index in [4.69, 9.17) is 14.9 Å². The Morgan fingerprint density at radius 1 is 1.50 bits per heavy atom. The van der Waals surface area contributed by atoms with Crippen molar-refractivity contribution in [2.75, 3.05) is 0 Å². The molecule has 0 aliphatic heterocycles. The summed E-state index contributed by atoms with van der Waals surface area (Å²) in [5.41, 5.74) is -0.312. The highest BCUT2D eigenvalue weighted by atomic mass is 79.9. The number of hydrogen-bond donors (Lipinski definition) is 4. The number of carboxylic acid groups (broad SMARTS) is 1. The number of aliphatic carboxylic acids is 1. The van der Waals surface area contributed by atoms with Gasteiger partial charge in [0.2, 0.25) is 11.3 Å². The van der Waals surface area contributed by atoms with Crippen LogP contribution in [0.3, 0.4) is 0 Å². The summed E-state index contributed by atoms with van der Waals surface area (Å²) in [6, 6.07) is 1.38. The molecule has 0 aliphatic rings. The molecule has 2 heterocycles. The van der Waals surface area contributed by atoms with E-state index in [9.17, 15) is 14.5 Å². The Kier molecular flexibility index (Phi) is 3.64. The van der Waals surface area contributed by atoms with Crippen LogP contribution in [0.2, 0.25) is 0 Å². The Labute approximate surface area is 121 Å². The largest absolute Gasteiger partial charge is 0.492 e. The van der Waals surface area contributed by atoms with E-state index >= 15 is 0 Å². The maximum absolute atomic E-state index is 11.2. The first-order chi connectivity index (χ1) is 9.12. The minimum atomic E-state index is -4.71. The van der Waals surface area contributed by atoms with Crippen molar-refractivity contribution in [2.24, 2.45) is 0 Å². The Hall–Kier alpha value is -1.41. The number of nitrogens with zero attached hydrogens (tertiary/aromatic N) is 2. The summed E-state index contributed by atoms with van der Waals surface area (Å²) in [5, 5.41) is 18.8. The zero-order chi connectivity index (χ0) is 15.2. The highest BCUT2D eigenvalue weighted by Gasteiger charge is 2.29. The third kappa shape index (κ3) is 2.45. The van der Waals surface area contributed by atoms with Crippen molar-refractivity contribution in [3.8, 4) is 5.88 Å². The van der Waals surface area contributed by atoms with Gasteiger partial charge < -0.3 is 20.0 Å². The number of imidazole rings is 1. The van der Waals surface area contributed by atoms with Crippen molar-refractivity contribution in [2.45, 2.75) is 12.8 Å². The van der Waals surface area contributed by atoms with Gasteiger partial charge in [-0.2, -0.15) is 0 Å². The van der Waals surface area contributed by atoms with E-state index in [0.29, 0.717) is 10.0 Å². The Morgan fingerprint density at radius 3 is 2.60 bits per heavy atom. The van der Waals surface area contributed by atoms with Crippen molar-refractivity contribution in [3.63, 3.8) is 0 Å². The van der Waals surface area contributed by atoms with Crippen LogP contribution in [0.1, 0.15) is 18.4 Å². The molecule has 1 unspecified atom stereocenters. The van der Waals surface area contributed by atoms with Gasteiger partial charge in [0.05, 0.1) is 5.92 Å². The molecule has 0 radical (unpaired) electrons. The molecule has 8 nitrogen and oxygen atoms in total. The number of pyridine rings is 1. The topological polar surface area (TPSA) is 132 Å². The highest BCUT2D eigenvalue weighted by Crippen LogP contribution is 2.38. The second kappa shape index (κ2) is 4.85. The van der Waals surface area contributed by atoms with Gasteiger partial charge in [-0.15, -0.1) is 0 Å². The number of halogens is 1. The first kappa shape index (κ1) is 15.0. The molecule has 108 valence electrons. The molecule has 0 saturated heterocycles. The Balaban J connectivity index is 2.74. The minimum Gasteiger partial charge on any atom is -0.492 e. The molecule has 0 fully saturated rings. The van der Waals surface area contributed by atoms with Gasteiger partial charge in [-0.3, -0.25) is 13.8 Å². The van der Waals surface area contributed by atoms with Crippen LogP contribution in [0.5, 0.6) is 5.88 Å². The van der Waals surface area contributed by atoms with E-state index in [1.807, 2.05) is 0 Å². The summed E-state index contributed by atoms with van der Waals surface area (Å²) >= 11 is 3.18. The SMILES string of the molecule is CC(C(=O)O)c1cn2c(O)c(P(=O)(O)O)nc2cc1Br. The number of aromatic hydroxyl groups is 1. The third-order valence-electron chi connectivity index (χ3n) is 2.81. The van der Waals surface area contributed by atoms with Gasteiger partial charge in [0.25, 0.3) is 0 Å². The lowest BCUT2D eigenvalue weighted by molar-refractivity contribution is -0.138. The Bertz CT molecular complexity index is 752. The van der Waals surface area contributed by atoms with Gasteiger partial charge in [0.15, 0.2) is 0 Å². The van der Waals surface area contributed by atoms with Crippen LogP contribution in [-0.4, -0.2) is 35.4 Å². The summed E-state index contributed by atoms with van der Waals surface area (Å²) in [5.74, 6) is -2.64. The number of fused-ring (bicyclic) bond motifs is 1. The monoisotopic (exact) mass is 364 g/mol. The average molecular weight is 365 g/mol. The van der Waals surface area contributed by atoms with Gasteiger partial charge >= 0.3 is 13.6 Å². The normalized spacial score (nSPS) is 13.6. The van der Waals surface area contributed by atoms with Gasteiger partial charge in [-0.05, 0) is 18.6 Å². The quantitative estimate of drug-likeness (QED) is 0.592. The van der Waals surface area contributed by atoms with E-state index in [-0.39, 0.29) is 5.65 Å². The first-order valence-electron chi connectivity index (χ1n) is 5.32. The first-order valence-corrected chi connectivity index (χ1v) is 7.73. The molecule has 1 atom stereocenters. The molecule has 2 rings (SSSR count). The van der Waals surface area contributed by atoms with Crippen molar-refractivity contribution >= 4 is 40.6 Å². The molecule has 20 heavy (non-hydrogen) atoms. The molecule has 2 aromatic rings. The third-order valence-corrected chi connectivity index (χ3v) is 4.35. The summed E-state index contributed by atoms with van der Waals surface area (Å²) in [7, 11) is -4.71. The fraction of sp³-hybridized carbons (Fsp3) is 0.200. The van der Waals surface area contributed by atoms with Gasteiger partial charge in [-0.1, -0.05) is 15.9 Å². The number of carboxylic acids is 1. The molecular weight excluding hydrogens is 355 g/mol. The molecule has 0 aliphatic carbocycles. The van der Waals surface area contributed by atoms with Crippen LogP contribution in [0.15, 0.2) is 16.7 Å². The summed E-state index contributed by atoms with van der Waals surface area (Å²) in [6.45, 7) is 1.45. The van der Waals surface area contributed by atoms with Crippen LogP contribution >= 0.6 is 23.5 Å². The lowest BCUT2D eigenvalue weighted by atomic mass is 10.0. The van der Waals surface area contributed by atoms with Crippen LogP contribution < -0.4 is 5.44 Å². The van der Waals surface area contributed by atoms with E-state index in [1.54, 1.807) is 0 Å². The summed E-state index contributed by atoms with van der Waals surface area (Å²) in [4.78, 5) is 32.8. The molecule has 4 N–H and O–H groups in total. The van der Waals surface area contributed by atoms with Crippen LogP contribution in [-0.2, 0) is 9.36 Å². The van der Waals surface area contributed by atoms with E-state index in [0.717, 1.165) is 4.40 Å². The van der Waals surface area contributed by atoms with Crippen molar-refractivity contribution < 1.29 is 29.4 Å². The van der Waals surface area contributed by atoms with Gasteiger partial charge in [0.1, 0.15) is 5.65 Å². The molecule has 2 aromatic heterocycles. The second-order valence-corrected chi connectivity index (χ2v) is 6.53. The molecule has 0 aromatic carbocycles. The maximum atomic E-state index is 11.2. The molecule has 10 heteroatoms. The van der Waals surface area contributed by atoms with E-state index in [1.165, 1.54) is 19.2 Å². The van der Waals surface area contributed by atoms with Crippen molar-refractivity contribution in [1.82, 2.24) is 9.38 Å². The average Bonchev–Trinajstić information content (AvgIpc) is 2.64. The maximum Gasteiger partial charge on any atom is 0.380 e. The number of hydrogen-bond acceptors (Lipinski definition) is 4. The lowest BCUT2D eigenvalue weighted by Gasteiger charge is -2.10. The van der Waals surface area contributed by atoms with Crippen LogP contribution in [0, 0.1) is 0 Å². The van der Waals surface area contributed by atoms with Gasteiger partial charge in [-0.25, -0.2) is 4.98 Å². The van der Waals surface area contributed by atoms with Crippen molar-refractivity contribution in [3.05, 3.63) is 22.3 Å².